The van der Waals surface area contributed by atoms with Gasteiger partial charge in [-0.05, 0) is 116 Å². The van der Waals surface area contributed by atoms with Crippen LogP contribution in [-0.4, -0.2) is 139 Å². The minimum Gasteiger partial charge on any atom is -0.462 e. The molecule has 0 aromatic rings. The van der Waals surface area contributed by atoms with E-state index in [1.54, 1.807) is 41.5 Å². The summed E-state index contributed by atoms with van der Waals surface area (Å²) in [7, 11) is 0. The lowest BCUT2D eigenvalue weighted by Gasteiger charge is -2.55. The molecule has 3 rings (SSSR count). The van der Waals surface area contributed by atoms with Crippen molar-refractivity contribution < 1.29 is 58.4 Å². The van der Waals surface area contributed by atoms with Crippen LogP contribution in [0.2, 0.25) is 0 Å². The second-order valence-electron chi connectivity index (χ2n) is 37.7. The molecule has 0 bridgehead atoms. The van der Waals surface area contributed by atoms with Gasteiger partial charge in [-0.1, -0.05) is 292 Å². The van der Waals surface area contributed by atoms with Crippen molar-refractivity contribution in [2.24, 2.45) is 10.8 Å². The number of rotatable bonds is 56. The van der Waals surface area contributed by atoms with Crippen molar-refractivity contribution in [3.8, 4) is 0 Å². The van der Waals surface area contributed by atoms with E-state index in [0.29, 0.717) is 32.4 Å². The molecule has 15 heteroatoms. The van der Waals surface area contributed by atoms with Crippen molar-refractivity contribution >= 4 is 17.9 Å². The van der Waals surface area contributed by atoms with Crippen LogP contribution in [0.25, 0.3) is 0 Å². The van der Waals surface area contributed by atoms with Crippen molar-refractivity contribution in [3.63, 3.8) is 0 Å². The van der Waals surface area contributed by atoms with Crippen LogP contribution in [0.3, 0.4) is 0 Å². The van der Waals surface area contributed by atoms with Gasteiger partial charge < -0.3 is 29.5 Å². The fourth-order valence-corrected chi connectivity index (χ4v) is 15.2. The SMILES string of the molecule is CCCCCCCCCCCCCCCC(=O)OC1CCN(OCC(C)(C)O)C(C)(C)C1(C)C.CCCCCCCCCCCCCCCC(=O)OC1CCN(OCC(C)(C)O)C(C)(C)C1(C)C.CCCCCCCCCCCCCCCCCC(=O)OC1CC(C)(C)N(OCC(C)(C)O)C(C)(C)C1. The number of nitrogens with zero attached hydrogens (tertiary/aromatic N) is 3. The molecule has 618 valence electrons. The number of carbonyl (C=O) groups is 3. The van der Waals surface area contributed by atoms with E-state index in [0.717, 1.165) is 64.2 Å². The summed E-state index contributed by atoms with van der Waals surface area (Å²) in [5, 5.41) is 36.0. The predicted octanol–water partition coefficient (Wildman–Crippen LogP) is 23.7. The standard InChI is InChI=1S/C31H61NO4.2C29H57NO4/c1-8-9-10-11-12-13-14-15-16-17-18-19-20-21-22-23-28(33)36-27-24-29(2,3)32(30(4,5)25-27)35-26-31(6,7)34;2*1-8-9-10-11-12-13-14-15-16-17-18-19-20-21-26(31)34-25-22-23-30(33-24-27(2,3)32)29(6,7)28(25,4)5/h27,34H,8-26H2,1-7H3;2*25,32H,8-24H2,1-7H3. The van der Waals surface area contributed by atoms with Crippen LogP contribution in [0.4, 0.5) is 0 Å². The molecule has 2 atom stereocenters. The van der Waals surface area contributed by atoms with E-state index < -0.39 is 16.8 Å². The summed E-state index contributed by atoms with van der Waals surface area (Å²) < 4.78 is 17.8. The molecule has 3 aliphatic rings. The van der Waals surface area contributed by atoms with E-state index in [9.17, 15) is 29.7 Å². The molecule has 0 saturated carbocycles. The molecule has 0 aromatic carbocycles. The predicted molar refractivity (Wildman–Crippen MR) is 434 cm³/mol. The van der Waals surface area contributed by atoms with Crippen molar-refractivity contribution in [2.75, 3.05) is 32.9 Å². The quantitative estimate of drug-likeness (QED) is 0.0298. The van der Waals surface area contributed by atoms with Gasteiger partial charge in [0, 0.05) is 91.0 Å². The van der Waals surface area contributed by atoms with Gasteiger partial charge in [0.05, 0.1) is 36.6 Å². The molecule has 0 aliphatic carbocycles. The van der Waals surface area contributed by atoms with Gasteiger partial charge in [-0.25, -0.2) is 0 Å². The van der Waals surface area contributed by atoms with Crippen LogP contribution in [0, 0.1) is 10.8 Å². The number of piperidine rings is 3. The molecular formula is C89H175N3O12. The lowest BCUT2D eigenvalue weighted by molar-refractivity contribution is -0.306. The molecule has 3 heterocycles. The summed E-state index contributed by atoms with van der Waals surface area (Å²) in [6.45, 7) is 45.0. The Bertz CT molecular complexity index is 2040. The lowest BCUT2D eigenvalue weighted by atomic mass is 9.67. The summed E-state index contributed by atoms with van der Waals surface area (Å²) >= 11 is 0. The fraction of sp³-hybridized carbons (Fsp3) is 0.966. The monoisotopic (exact) mass is 1480 g/mol. The number of ether oxygens (including phenoxy) is 3. The minimum absolute atomic E-state index is 0.0628. The first-order valence-corrected chi connectivity index (χ1v) is 43.7. The van der Waals surface area contributed by atoms with Gasteiger partial charge in [-0.3, -0.25) is 28.9 Å². The average Bonchev–Trinajstić information content (AvgIpc) is 0.765. The first-order chi connectivity index (χ1) is 48.7. The molecule has 3 fully saturated rings. The van der Waals surface area contributed by atoms with Crippen LogP contribution < -0.4 is 0 Å². The molecule has 2 unspecified atom stereocenters. The van der Waals surface area contributed by atoms with Crippen LogP contribution in [0.5, 0.6) is 0 Å². The zero-order valence-corrected chi connectivity index (χ0v) is 72.6. The first-order valence-electron chi connectivity index (χ1n) is 43.7. The summed E-state index contributed by atoms with van der Waals surface area (Å²) in [6.07, 6.45) is 57.9. The fourth-order valence-electron chi connectivity index (χ4n) is 15.2. The number of unbranched alkanes of at least 4 members (excludes halogenated alkanes) is 38. The van der Waals surface area contributed by atoms with Crippen LogP contribution in [0.1, 0.15) is 454 Å². The number of hydrogen-bond acceptors (Lipinski definition) is 15. The molecule has 3 N–H and O–H groups in total. The molecule has 104 heavy (non-hydrogen) atoms. The van der Waals surface area contributed by atoms with Crippen LogP contribution >= 0.6 is 0 Å². The Labute approximate surface area is 643 Å². The van der Waals surface area contributed by atoms with Gasteiger partial charge in [-0.2, -0.15) is 15.2 Å². The van der Waals surface area contributed by atoms with E-state index >= 15 is 0 Å². The zero-order chi connectivity index (χ0) is 78.4. The Balaban J connectivity index is 0.000000780. The van der Waals surface area contributed by atoms with Crippen molar-refractivity contribution in [1.29, 1.82) is 0 Å². The lowest BCUT2D eigenvalue weighted by Crippen LogP contribution is -2.64. The topological polar surface area (TPSA) is 177 Å². The van der Waals surface area contributed by atoms with Crippen molar-refractivity contribution in [2.45, 2.75) is 511 Å². The van der Waals surface area contributed by atoms with Crippen molar-refractivity contribution in [1.82, 2.24) is 15.2 Å². The Hall–Kier alpha value is -1.95. The normalized spacial score (nSPS) is 19.7. The third-order valence-corrected chi connectivity index (χ3v) is 23.2. The van der Waals surface area contributed by atoms with Gasteiger partial charge in [0.25, 0.3) is 0 Å². The third kappa shape index (κ3) is 44.2. The maximum Gasteiger partial charge on any atom is 0.306 e. The minimum atomic E-state index is -0.886. The van der Waals surface area contributed by atoms with E-state index in [4.69, 9.17) is 28.7 Å². The summed E-state index contributed by atoms with van der Waals surface area (Å²) in [5.74, 6) is -0.197. The number of hydrogen-bond donors (Lipinski definition) is 3. The second kappa shape index (κ2) is 53.1. The molecule has 0 amide bonds. The number of aliphatic hydroxyl groups is 3. The molecule has 0 radical (unpaired) electrons. The van der Waals surface area contributed by atoms with E-state index in [-0.39, 0.29) is 89.0 Å². The Morgan fingerprint density at radius 2 is 0.538 bits per heavy atom. The maximum atomic E-state index is 12.5. The van der Waals surface area contributed by atoms with E-state index in [2.05, 4.69) is 104 Å². The van der Waals surface area contributed by atoms with Crippen LogP contribution in [0.15, 0.2) is 0 Å². The highest BCUT2D eigenvalue weighted by Crippen LogP contribution is 2.47. The summed E-state index contributed by atoms with van der Waals surface area (Å²) in [4.78, 5) is 55.5. The molecule has 0 spiro atoms. The highest BCUT2D eigenvalue weighted by atomic mass is 16.7. The van der Waals surface area contributed by atoms with Gasteiger partial charge in [0.15, 0.2) is 0 Å². The Morgan fingerprint density at radius 1 is 0.327 bits per heavy atom. The highest BCUT2D eigenvalue weighted by Gasteiger charge is 2.55. The van der Waals surface area contributed by atoms with Crippen LogP contribution in [-0.2, 0) is 43.1 Å². The van der Waals surface area contributed by atoms with E-state index in [1.165, 1.54) is 225 Å². The zero-order valence-electron chi connectivity index (χ0n) is 72.6. The number of hydroxylamine groups is 6. The summed E-state index contributed by atoms with van der Waals surface area (Å²) in [5.41, 5.74) is -4.39. The molecular weight excluding hydrogens is 1300 g/mol. The van der Waals surface area contributed by atoms with Gasteiger partial charge in [0.1, 0.15) is 18.3 Å². The van der Waals surface area contributed by atoms with Gasteiger partial charge in [-0.15, -0.1) is 0 Å². The molecule has 15 nitrogen and oxygen atoms in total. The number of carbonyl (C=O) groups excluding carboxylic acids is 3. The average molecular weight is 1480 g/mol. The smallest absolute Gasteiger partial charge is 0.306 e. The largest absolute Gasteiger partial charge is 0.462 e. The Morgan fingerprint density at radius 3 is 0.769 bits per heavy atom. The third-order valence-electron chi connectivity index (χ3n) is 23.2. The molecule has 0 aromatic heterocycles. The maximum absolute atomic E-state index is 12.5. The molecule has 3 aliphatic heterocycles. The van der Waals surface area contributed by atoms with Gasteiger partial charge in [0.2, 0.25) is 0 Å². The Kier molecular flexibility index (Phi) is 51.1. The second-order valence-corrected chi connectivity index (χ2v) is 37.7. The van der Waals surface area contributed by atoms with Crippen molar-refractivity contribution in [3.05, 3.63) is 0 Å². The first kappa shape index (κ1) is 100. The van der Waals surface area contributed by atoms with Gasteiger partial charge >= 0.3 is 17.9 Å². The molecule has 3 saturated heterocycles. The summed E-state index contributed by atoms with van der Waals surface area (Å²) in [6, 6.07) is 0. The highest BCUT2D eigenvalue weighted by molar-refractivity contribution is 5.70. The van der Waals surface area contributed by atoms with E-state index in [1.807, 2.05) is 15.2 Å². The number of esters is 3.